The quantitative estimate of drug-likeness (QED) is 0.768. The first-order chi connectivity index (χ1) is 9.36. The summed E-state index contributed by atoms with van der Waals surface area (Å²) in [6.45, 7) is 4.98. The highest BCUT2D eigenvalue weighted by atomic mass is 28.4. The lowest BCUT2D eigenvalue weighted by atomic mass is 10.2. The molecule has 4 nitrogen and oxygen atoms in total. The second-order valence-corrected chi connectivity index (χ2v) is 7.14. The summed E-state index contributed by atoms with van der Waals surface area (Å²) in [6.07, 6.45) is 2.05. The van der Waals surface area contributed by atoms with Gasteiger partial charge < -0.3 is 13.3 Å². The molecule has 2 bridgehead atoms. The molecule has 3 saturated heterocycles. The van der Waals surface area contributed by atoms with Gasteiger partial charge in [0.25, 0.3) is 0 Å². The van der Waals surface area contributed by atoms with E-state index in [0.717, 1.165) is 25.2 Å². The first-order valence-electron chi connectivity index (χ1n) is 6.75. The van der Waals surface area contributed by atoms with Crippen LogP contribution in [0, 0.1) is 0 Å². The van der Waals surface area contributed by atoms with Crippen molar-refractivity contribution in [2.45, 2.75) is 0 Å². The van der Waals surface area contributed by atoms with Crippen LogP contribution in [-0.2, 0) is 13.3 Å². The van der Waals surface area contributed by atoms with Crippen LogP contribution in [0.15, 0.2) is 36.0 Å². The summed E-state index contributed by atoms with van der Waals surface area (Å²) in [4.78, 5) is 2.32. The lowest BCUT2D eigenvalue weighted by molar-refractivity contribution is 0.000422. The summed E-state index contributed by atoms with van der Waals surface area (Å²) in [7, 11) is -2.62. The fourth-order valence-corrected chi connectivity index (χ4v) is 4.38. The van der Waals surface area contributed by atoms with Crippen LogP contribution in [0.3, 0.4) is 0 Å². The van der Waals surface area contributed by atoms with Gasteiger partial charge in [-0.2, -0.15) is 0 Å². The standard InChI is InChI=1S/C14H19NO3Si/c1-2-4-14(5-3-1)6-13-19-16-10-7-15(8-11-17-19)9-12-18-19/h1-6,13H,7-12H2. The zero-order valence-corrected chi connectivity index (χ0v) is 12.0. The summed E-state index contributed by atoms with van der Waals surface area (Å²) in [5, 5.41) is 0. The van der Waals surface area contributed by atoms with E-state index in [1.807, 2.05) is 30.0 Å². The number of hydrogen-bond acceptors (Lipinski definition) is 4. The molecular weight excluding hydrogens is 258 g/mol. The molecule has 0 radical (unpaired) electrons. The summed E-state index contributed by atoms with van der Waals surface area (Å²) in [6, 6.07) is 10.2. The van der Waals surface area contributed by atoms with Crippen molar-refractivity contribution in [1.82, 2.24) is 4.90 Å². The second-order valence-electron chi connectivity index (χ2n) is 4.73. The molecule has 19 heavy (non-hydrogen) atoms. The summed E-state index contributed by atoms with van der Waals surface area (Å²) in [5.74, 6) is 0. The second kappa shape index (κ2) is 5.98. The molecule has 0 unspecified atom stereocenters. The third-order valence-corrected chi connectivity index (χ3v) is 5.81. The van der Waals surface area contributed by atoms with E-state index in [-0.39, 0.29) is 0 Å². The monoisotopic (exact) mass is 277 g/mol. The largest absolute Gasteiger partial charge is 0.529 e. The highest BCUT2D eigenvalue weighted by Crippen LogP contribution is 2.18. The lowest BCUT2D eigenvalue weighted by Crippen LogP contribution is -2.54. The number of hydrogen-bond donors (Lipinski definition) is 0. The van der Waals surface area contributed by atoms with E-state index in [2.05, 4.69) is 17.0 Å². The van der Waals surface area contributed by atoms with Crippen LogP contribution in [0.1, 0.15) is 5.56 Å². The molecule has 1 aromatic rings. The Balaban J connectivity index is 1.77. The molecule has 0 N–H and O–H groups in total. The van der Waals surface area contributed by atoms with E-state index >= 15 is 0 Å². The van der Waals surface area contributed by atoms with Gasteiger partial charge in [0, 0.05) is 19.6 Å². The normalized spacial score (nSPS) is 31.9. The SMILES string of the molecule is C(=C[Si]12OCCN(CCO1)CCO2)c1ccccc1. The van der Waals surface area contributed by atoms with Gasteiger partial charge in [0.15, 0.2) is 0 Å². The van der Waals surface area contributed by atoms with Crippen molar-refractivity contribution < 1.29 is 13.3 Å². The van der Waals surface area contributed by atoms with Crippen molar-refractivity contribution in [3.8, 4) is 0 Å². The Bertz CT molecular complexity index is 411. The summed E-state index contributed by atoms with van der Waals surface area (Å²) >= 11 is 0. The summed E-state index contributed by atoms with van der Waals surface area (Å²) < 4.78 is 17.8. The Kier molecular flexibility index (Phi) is 4.10. The Hall–Kier alpha value is -0.983. The average molecular weight is 277 g/mol. The third-order valence-electron chi connectivity index (χ3n) is 3.41. The maximum atomic E-state index is 5.93. The van der Waals surface area contributed by atoms with Gasteiger partial charge in [-0.15, -0.1) is 0 Å². The minimum absolute atomic E-state index is 0.686. The minimum atomic E-state index is -2.62. The molecule has 0 amide bonds. The molecule has 0 saturated carbocycles. The molecule has 4 rings (SSSR count). The fraction of sp³-hybridized carbons (Fsp3) is 0.429. The van der Waals surface area contributed by atoms with Crippen LogP contribution in [-0.4, -0.2) is 53.2 Å². The topological polar surface area (TPSA) is 30.9 Å². The molecule has 102 valence electrons. The molecule has 3 aliphatic rings. The van der Waals surface area contributed by atoms with Crippen molar-refractivity contribution in [2.75, 3.05) is 39.5 Å². The first kappa shape index (κ1) is 13.0. The van der Waals surface area contributed by atoms with Gasteiger partial charge in [0.1, 0.15) is 0 Å². The number of benzene rings is 1. The average Bonchev–Trinajstić information content (AvgIpc) is 2.37. The predicted molar refractivity (Wildman–Crippen MR) is 75.5 cm³/mol. The molecule has 1 aromatic carbocycles. The molecule has 0 spiro atoms. The van der Waals surface area contributed by atoms with E-state index in [1.165, 1.54) is 0 Å². The molecule has 5 heteroatoms. The van der Waals surface area contributed by atoms with E-state index in [4.69, 9.17) is 13.3 Å². The molecule has 3 fully saturated rings. The molecule has 0 aliphatic carbocycles. The lowest BCUT2D eigenvalue weighted by Gasteiger charge is -2.36. The van der Waals surface area contributed by atoms with Crippen molar-refractivity contribution in [2.24, 2.45) is 0 Å². The number of nitrogens with zero attached hydrogens (tertiary/aromatic N) is 1. The predicted octanol–water partition coefficient (Wildman–Crippen LogP) is 1.56. The van der Waals surface area contributed by atoms with Crippen LogP contribution in [0.4, 0.5) is 0 Å². The van der Waals surface area contributed by atoms with Crippen LogP contribution in [0.2, 0.25) is 0 Å². The zero-order chi connectivity index (χ0) is 13.0. The van der Waals surface area contributed by atoms with Crippen molar-refractivity contribution in [3.63, 3.8) is 0 Å². The third kappa shape index (κ3) is 3.32. The maximum Gasteiger partial charge on any atom is 0.529 e. The van der Waals surface area contributed by atoms with Gasteiger partial charge in [-0.05, 0) is 11.3 Å². The van der Waals surface area contributed by atoms with Gasteiger partial charge in [-0.25, -0.2) is 0 Å². The Labute approximate surface area is 115 Å². The maximum absolute atomic E-state index is 5.93. The highest BCUT2D eigenvalue weighted by Gasteiger charge is 2.41. The van der Waals surface area contributed by atoms with Crippen LogP contribution in [0.25, 0.3) is 6.08 Å². The number of fused-ring (bicyclic) bond motifs is 6. The first-order valence-corrected chi connectivity index (χ1v) is 8.55. The van der Waals surface area contributed by atoms with Crippen LogP contribution in [0.5, 0.6) is 0 Å². The van der Waals surface area contributed by atoms with E-state index in [0.29, 0.717) is 19.8 Å². The molecule has 0 aromatic heterocycles. The zero-order valence-electron chi connectivity index (χ0n) is 11.0. The molecule has 3 heterocycles. The van der Waals surface area contributed by atoms with Gasteiger partial charge >= 0.3 is 8.80 Å². The van der Waals surface area contributed by atoms with Crippen molar-refractivity contribution in [3.05, 3.63) is 41.6 Å². The van der Waals surface area contributed by atoms with E-state index in [9.17, 15) is 0 Å². The van der Waals surface area contributed by atoms with Crippen LogP contribution >= 0.6 is 0 Å². The fourth-order valence-electron chi connectivity index (χ4n) is 2.32. The molecular formula is C14H19NO3Si. The van der Waals surface area contributed by atoms with E-state index in [1.54, 1.807) is 0 Å². The Morgan fingerprint density at radius 1 is 0.895 bits per heavy atom. The summed E-state index contributed by atoms with van der Waals surface area (Å²) in [5.41, 5.74) is 3.16. The van der Waals surface area contributed by atoms with Gasteiger partial charge in [0.2, 0.25) is 0 Å². The minimum Gasteiger partial charge on any atom is -0.369 e. The van der Waals surface area contributed by atoms with Crippen molar-refractivity contribution >= 4 is 14.9 Å². The van der Waals surface area contributed by atoms with Crippen LogP contribution < -0.4 is 0 Å². The van der Waals surface area contributed by atoms with Gasteiger partial charge in [-0.1, -0.05) is 36.4 Å². The van der Waals surface area contributed by atoms with Gasteiger partial charge in [-0.3, -0.25) is 4.90 Å². The Morgan fingerprint density at radius 2 is 1.47 bits per heavy atom. The number of rotatable bonds is 2. The molecule has 3 aliphatic heterocycles. The van der Waals surface area contributed by atoms with Gasteiger partial charge in [0.05, 0.1) is 19.8 Å². The van der Waals surface area contributed by atoms with Crippen molar-refractivity contribution in [1.29, 1.82) is 0 Å². The van der Waals surface area contributed by atoms with E-state index < -0.39 is 8.80 Å². The smallest absolute Gasteiger partial charge is 0.369 e. The molecule has 0 atom stereocenters. The Morgan fingerprint density at radius 3 is 2.05 bits per heavy atom. The highest BCUT2D eigenvalue weighted by molar-refractivity contribution is 6.67.